The molecule has 0 atom stereocenters. The lowest BCUT2D eigenvalue weighted by Crippen LogP contribution is -1.94. The molecule has 0 N–H and O–H groups in total. The molecule has 0 amide bonds. The summed E-state index contributed by atoms with van der Waals surface area (Å²) in [5.74, 6) is 0.104. The zero-order valence-corrected chi connectivity index (χ0v) is 10.4. The van der Waals surface area contributed by atoms with Gasteiger partial charge < -0.3 is 4.74 Å². The van der Waals surface area contributed by atoms with E-state index in [1.54, 1.807) is 30.3 Å². The van der Waals surface area contributed by atoms with Crippen molar-refractivity contribution in [3.63, 3.8) is 0 Å². The number of benzene rings is 2. The molecule has 0 saturated carbocycles. The van der Waals surface area contributed by atoms with Gasteiger partial charge in [0.1, 0.15) is 5.75 Å². The predicted molar refractivity (Wildman–Crippen MR) is 73.6 cm³/mol. The third-order valence-corrected chi connectivity index (χ3v) is 2.51. The summed E-state index contributed by atoms with van der Waals surface area (Å²) < 4.78 is 5.18. The zero-order chi connectivity index (χ0) is 14.4. The SMILES string of the molecule is O=C(/C=C/Oc1cccc([N+](=O)[O-])c1)c1ccccc1. The first-order valence-electron chi connectivity index (χ1n) is 5.84. The van der Waals surface area contributed by atoms with Crippen LogP contribution < -0.4 is 4.74 Å². The number of rotatable bonds is 5. The molecule has 0 aliphatic rings. The number of ketones is 1. The Morgan fingerprint density at radius 3 is 2.55 bits per heavy atom. The molecule has 100 valence electrons. The molecule has 0 unspecified atom stereocenters. The average molecular weight is 269 g/mol. The minimum Gasteiger partial charge on any atom is -0.465 e. The van der Waals surface area contributed by atoms with Gasteiger partial charge in [-0.25, -0.2) is 0 Å². The first-order chi connectivity index (χ1) is 9.66. The number of carbonyl (C=O) groups excluding carboxylic acids is 1. The fraction of sp³-hybridized carbons (Fsp3) is 0. The quantitative estimate of drug-likeness (QED) is 0.274. The highest BCUT2D eigenvalue weighted by molar-refractivity contribution is 6.04. The molecule has 0 aliphatic carbocycles. The van der Waals surface area contributed by atoms with E-state index in [2.05, 4.69) is 0 Å². The van der Waals surface area contributed by atoms with E-state index in [1.165, 1.54) is 30.5 Å². The minimum atomic E-state index is -0.508. The second-order valence-corrected chi connectivity index (χ2v) is 3.91. The highest BCUT2D eigenvalue weighted by Gasteiger charge is 2.05. The Balaban J connectivity index is 2.02. The van der Waals surface area contributed by atoms with Gasteiger partial charge >= 0.3 is 0 Å². The summed E-state index contributed by atoms with van der Waals surface area (Å²) in [6.07, 6.45) is 2.49. The molecule has 5 nitrogen and oxygen atoms in total. The summed E-state index contributed by atoms with van der Waals surface area (Å²) in [6, 6.07) is 14.5. The minimum absolute atomic E-state index is 0.0646. The van der Waals surface area contributed by atoms with Crippen LogP contribution in [0, 0.1) is 10.1 Å². The molecule has 0 radical (unpaired) electrons. The first-order valence-corrected chi connectivity index (χ1v) is 5.84. The summed E-state index contributed by atoms with van der Waals surface area (Å²) in [6.45, 7) is 0. The van der Waals surface area contributed by atoms with Gasteiger partial charge in [-0.2, -0.15) is 0 Å². The van der Waals surface area contributed by atoms with Crippen molar-refractivity contribution in [2.24, 2.45) is 0 Å². The number of carbonyl (C=O) groups is 1. The standard InChI is InChI=1S/C15H11NO4/c17-15(12-5-2-1-3-6-12)9-10-20-14-8-4-7-13(11-14)16(18)19/h1-11H/b10-9+. The van der Waals surface area contributed by atoms with Gasteiger partial charge in [-0.1, -0.05) is 36.4 Å². The Morgan fingerprint density at radius 2 is 1.85 bits per heavy atom. The van der Waals surface area contributed by atoms with Crippen LogP contribution in [-0.2, 0) is 0 Å². The van der Waals surface area contributed by atoms with E-state index in [4.69, 9.17) is 4.74 Å². The summed E-state index contributed by atoms with van der Waals surface area (Å²) in [5, 5.41) is 10.6. The zero-order valence-electron chi connectivity index (χ0n) is 10.4. The Morgan fingerprint density at radius 1 is 1.10 bits per heavy atom. The van der Waals surface area contributed by atoms with Gasteiger partial charge in [-0.05, 0) is 6.07 Å². The maximum Gasteiger partial charge on any atom is 0.273 e. The molecular formula is C15H11NO4. The molecule has 0 spiro atoms. The summed E-state index contributed by atoms with van der Waals surface area (Å²) in [7, 11) is 0. The molecule has 2 aromatic rings. The maximum atomic E-state index is 11.7. The number of hydrogen-bond acceptors (Lipinski definition) is 4. The normalized spacial score (nSPS) is 10.4. The number of ether oxygens (including phenoxy) is 1. The van der Waals surface area contributed by atoms with Gasteiger partial charge in [0, 0.05) is 17.7 Å². The summed E-state index contributed by atoms with van der Waals surface area (Å²) in [4.78, 5) is 21.8. The molecule has 0 fully saturated rings. The smallest absolute Gasteiger partial charge is 0.273 e. The van der Waals surface area contributed by atoms with Crippen molar-refractivity contribution in [3.8, 4) is 5.75 Å². The highest BCUT2D eigenvalue weighted by atomic mass is 16.6. The van der Waals surface area contributed by atoms with E-state index in [9.17, 15) is 14.9 Å². The molecule has 5 heteroatoms. The number of allylic oxidation sites excluding steroid dienone is 1. The number of non-ortho nitro benzene ring substituents is 1. The Bertz CT molecular complexity index is 650. The Labute approximate surface area is 115 Å². The fourth-order valence-corrected chi connectivity index (χ4v) is 1.54. The number of nitro benzene ring substituents is 1. The van der Waals surface area contributed by atoms with Gasteiger partial charge in [0.2, 0.25) is 0 Å². The first kappa shape index (κ1) is 13.5. The monoisotopic (exact) mass is 269 g/mol. The van der Waals surface area contributed by atoms with Crippen LogP contribution in [0.5, 0.6) is 5.75 Å². The van der Waals surface area contributed by atoms with Crippen molar-refractivity contribution < 1.29 is 14.5 Å². The topological polar surface area (TPSA) is 69.4 Å². The number of nitro groups is 1. The van der Waals surface area contributed by atoms with E-state index in [1.807, 2.05) is 6.07 Å². The molecule has 2 aromatic carbocycles. The van der Waals surface area contributed by atoms with Crippen molar-refractivity contribution in [1.82, 2.24) is 0 Å². The van der Waals surface area contributed by atoms with E-state index < -0.39 is 4.92 Å². The predicted octanol–water partition coefficient (Wildman–Crippen LogP) is 3.37. The van der Waals surface area contributed by atoms with Crippen LogP contribution in [0.1, 0.15) is 10.4 Å². The van der Waals surface area contributed by atoms with Crippen LogP contribution in [0.25, 0.3) is 0 Å². The fourth-order valence-electron chi connectivity index (χ4n) is 1.54. The van der Waals surface area contributed by atoms with Gasteiger partial charge in [0.25, 0.3) is 5.69 Å². The van der Waals surface area contributed by atoms with E-state index in [0.29, 0.717) is 11.3 Å². The lowest BCUT2D eigenvalue weighted by Gasteiger charge is -1.99. The summed E-state index contributed by atoms with van der Waals surface area (Å²) >= 11 is 0. The lowest BCUT2D eigenvalue weighted by atomic mass is 10.1. The molecule has 0 bridgehead atoms. The van der Waals surface area contributed by atoms with Crippen LogP contribution in [-0.4, -0.2) is 10.7 Å². The molecular weight excluding hydrogens is 258 g/mol. The molecule has 2 rings (SSSR count). The van der Waals surface area contributed by atoms with E-state index >= 15 is 0 Å². The van der Waals surface area contributed by atoms with Gasteiger partial charge in [-0.15, -0.1) is 0 Å². The van der Waals surface area contributed by atoms with Crippen molar-refractivity contribution in [2.45, 2.75) is 0 Å². The number of nitrogens with zero attached hydrogens (tertiary/aromatic N) is 1. The molecule has 0 heterocycles. The van der Waals surface area contributed by atoms with Crippen molar-refractivity contribution in [3.05, 3.63) is 82.6 Å². The van der Waals surface area contributed by atoms with Crippen LogP contribution in [0.2, 0.25) is 0 Å². The molecule has 20 heavy (non-hydrogen) atoms. The van der Waals surface area contributed by atoms with Crippen LogP contribution >= 0.6 is 0 Å². The van der Waals surface area contributed by atoms with Crippen molar-refractivity contribution in [2.75, 3.05) is 0 Å². The van der Waals surface area contributed by atoms with Crippen LogP contribution in [0.4, 0.5) is 5.69 Å². The lowest BCUT2D eigenvalue weighted by molar-refractivity contribution is -0.384. The van der Waals surface area contributed by atoms with E-state index in [0.717, 1.165) is 0 Å². The second kappa shape index (κ2) is 6.29. The van der Waals surface area contributed by atoms with Gasteiger partial charge in [0.15, 0.2) is 5.78 Å². The van der Waals surface area contributed by atoms with Gasteiger partial charge in [-0.3, -0.25) is 14.9 Å². The Hall–Kier alpha value is -2.95. The average Bonchev–Trinajstić information content (AvgIpc) is 2.48. The van der Waals surface area contributed by atoms with E-state index in [-0.39, 0.29) is 11.5 Å². The maximum absolute atomic E-state index is 11.7. The molecule has 0 aromatic heterocycles. The van der Waals surface area contributed by atoms with Gasteiger partial charge in [0.05, 0.1) is 17.3 Å². The van der Waals surface area contributed by atoms with Crippen LogP contribution in [0.3, 0.4) is 0 Å². The second-order valence-electron chi connectivity index (χ2n) is 3.91. The van der Waals surface area contributed by atoms with Crippen molar-refractivity contribution >= 4 is 11.5 Å². The molecule has 0 saturated heterocycles. The van der Waals surface area contributed by atoms with Crippen molar-refractivity contribution in [1.29, 1.82) is 0 Å². The highest BCUT2D eigenvalue weighted by Crippen LogP contribution is 2.19. The third-order valence-electron chi connectivity index (χ3n) is 2.51. The Kier molecular flexibility index (Phi) is 4.24. The largest absolute Gasteiger partial charge is 0.465 e. The van der Waals surface area contributed by atoms with Crippen LogP contribution in [0.15, 0.2) is 66.9 Å². The molecule has 0 aliphatic heterocycles. The summed E-state index contributed by atoms with van der Waals surface area (Å²) in [5.41, 5.74) is 0.483. The number of hydrogen-bond donors (Lipinski definition) is 0. The third kappa shape index (κ3) is 3.52.